The second kappa shape index (κ2) is 6.05. The van der Waals surface area contributed by atoms with Crippen molar-refractivity contribution in [2.75, 3.05) is 5.32 Å². The molecular weight excluding hydrogens is 320 g/mol. The molecule has 4 nitrogen and oxygen atoms in total. The Hall–Kier alpha value is -1.88. The minimum atomic E-state index is -0.374. The van der Waals surface area contributed by atoms with E-state index in [1.807, 2.05) is 38.1 Å². The number of anilines is 1. The molecule has 0 radical (unpaired) electrons. The molecule has 0 aliphatic carbocycles. The van der Waals surface area contributed by atoms with E-state index in [9.17, 15) is 10.1 Å². The van der Waals surface area contributed by atoms with Crippen molar-refractivity contribution in [1.29, 1.82) is 0 Å². The molecular formula is C15H15BrN2O2. The molecule has 0 bridgehead atoms. The van der Waals surface area contributed by atoms with Gasteiger partial charge in [0.05, 0.1) is 4.92 Å². The molecule has 104 valence electrons. The second-order valence-electron chi connectivity index (χ2n) is 4.63. The third-order valence-electron chi connectivity index (χ3n) is 3.22. The molecule has 0 fully saturated rings. The van der Waals surface area contributed by atoms with Crippen molar-refractivity contribution in [2.45, 2.75) is 19.9 Å². The van der Waals surface area contributed by atoms with Gasteiger partial charge in [-0.2, -0.15) is 0 Å². The van der Waals surface area contributed by atoms with Crippen LogP contribution in [-0.2, 0) is 0 Å². The number of rotatable bonds is 4. The summed E-state index contributed by atoms with van der Waals surface area (Å²) in [5, 5.41) is 14.2. The van der Waals surface area contributed by atoms with Gasteiger partial charge in [0.1, 0.15) is 0 Å². The average Bonchev–Trinajstić information content (AvgIpc) is 2.44. The molecule has 0 aliphatic rings. The quantitative estimate of drug-likeness (QED) is 0.642. The molecule has 2 aromatic rings. The first-order valence-electron chi connectivity index (χ1n) is 6.25. The second-order valence-corrected chi connectivity index (χ2v) is 5.48. The third-order valence-corrected chi connectivity index (χ3v) is 4.08. The first-order chi connectivity index (χ1) is 9.49. The zero-order chi connectivity index (χ0) is 14.7. The lowest BCUT2D eigenvalue weighted by atomic mass is 10.1. The maximum absolute atomic E-state index is 10.8. The van der Waals surface area contributed by atoms with Crippen molar-refractivity contribution < 1.29 is 4.92 Å². The van der Waals surface area contributed by atoms with Crippen molar-refractivity contribution >= 4 is 27.3 Å². The Bertz CT molecular complexity index is 644. The Balaban J connectivity index is 2.24. The summed E-state index contributed by atoms with van der Waals surface area (Å²) in [5.41, 5.74) is 3.13. The highest BCUT2D eigenvalue weighted by molar-refractivity contribution is 9.10. The first-order valence-corrected chi connectivity index (χ1v) is 7.04. The fourth-order valence-electron chi connectivity index (χ4n) is 1.99. The molecule has 1 atom stereocenters. The van der Waals surface area contributed by atoms with Crippen LogP contribution in [-0.4, -0.2) is 4.92 Å². The van der Waals surface area contributed by atoms with Crippen molar-refractivity contribution in [3.63, 3.8) is 0 Å². The van der Waals surface area contributed by atoms with Gasteiger partial charge in [-0.1, -0.05) is 34.1 Å². The molecule has 0 amide bonds. The molecule has 0 saturated heterocycles. The average molecular weight is 335 g/mol. The number of hydrogen-bond donors (Lipinski definition) is 1. The molecule has 0 aromatic heterocycles. The number of nitrogens with zero attached hydrogens (tertiary/aromatic N) is 1. The minimum Gasteiger partial charge on any atom is -0.378 e. The molecule has 1 N–H and O–H groups in total. The van der Waals surface area contributed by atoms with Crippen LogP contribution in [0.3, 0.4) is 0 Å². The molecule has 5 heteroatoms. The summed E-state index contributed by atoms with van der Waals surface area (Å²) < 4.78 is 1.04. The summed E-state index contributed by atoms with van der Waals surface area (Å²) >= 11 is 3.49. The van der Waals surface area contributed by atoms with E-state index in [1.165, 1.54) is 6.07 Å². The van der Waals surface area contributed by atoms with Gasteiger partial charge in [-0.3, -0.25) is 10.1 Å². The Labute approximate surface area is 126 Å². The number of nitro groups is 1. The van der Waals surface area contributed by atoms with Crippen LogP contribution in [0.1, 0.15) is 24.1 Å². The summed E-state index contributed by atoms with van der Waals surface area (Å²) in [5.74, 6) is 0. The third kappa shape index (κ3) is 3.17. The minimum absolute atomic E-state index is 0.0112. The van der Waals surface area contributed by atoms with Crippen LogP contribution in [0.5, 0.6) is 0 Å². The molecule has 2 aromatic carbocycles. The van der Waals surface area contributed by atoms with Crippen molar-refractivity contribution in [1.82, 2.24) is 0 Å². The maximum atomic E-state index is 10.8. The molecule has 0 aliphatic heterocycles. The molecule has 1 unspecified atom stereocenters. The number of benzene rings is 2. The van der Waals surface area contributed by atoms with E-state index in [-0.39, 0.29) is 16.7 Å². The number of non-ortho nitro benzene ring substituents is 1. The number of hydrogen-bond acceptors (Lipinski definition) is 3. The van der Waals surface area contributed by atoms with Gasteiger partial charge in [-0.15, -0.1) is 0 Å². The van der Waals surface area contributed by atoms with Gasteiger partial charge in [0.2, 0.25) is 0 Å². The lowest BCUT2D eigenvalue weighted by molar-refractivity contribution is -0.384. The SMILES string of the molecule is Cc1c(Br)cccc1NC(C)c1cccc([N+](=O)[O-])c1. The largest absolute Gasteiger partial charge is 0.378 e. The fraction of sp³-hybridized carbons (Fsp3) is 0.200. The van der Waals surface area contributed by atoms with Gasteiger partial charge in [0, 0.05) is 28.3 Å². The summed E-state index contributed by atoms with van der Waals surface area (Å²) in [6.45, 7) is 4.01. The number of halogens is 1. The van der Waals surface area contributed by atoms with E-state index in [0.717, 1.165) is 21.3 Å². The molecule has 2 rings (SSSR count). The standard InChI is InChI=1S/C15H15BrN2O2/c1-10-14(16)7-4-8-15(10)17-11(2)12-5-3-6-13(9-12)18(19)20/h3-9,11,17H,1-2H3. The summed E-state index contributed by atoms with van der Waals surface area (Å²) in [4.78, 5) is 10.4. The molecule has 0 saturated carbocycles. The first kappa shape index (κ1) is 14.5. The van der Waals surface area contributed by atoms with Crippen molar-refractivity contribution in [3.05, 3.63) is 68.2 Å². The van der Waals surface area contributed by atoms with Gasteiger partial charge >= 0.3 is 0 Å². The Morgan fingerprint density at radius 2 is 1.95 bits per heavy atom. The number of nitro benzene ring substituents is 1. The van der Waals surface area contributed by atoms with Crippen LogP contribution in [0.2, 0.25) is 0 Å². The molecule has 0 spiro atoms. The summed E-state index contributed by atoms with van der Waals surface area (Å²) in [7, 11) is 0. The fourth-order valence-corrected chi connectivity index (χ4v) is 2.35. The Kier molecular flexibility index (Phi) is 4.39. The smallest absolute Gasteiger partial charge is 0.269 e. The van der Waals surface area contributed by atoms with E-state index >= 15 is 0 Å². The van der Waals surface area contributed by atoms with Crippen LogP contribution < -0.4 is 5.32 Å². The summed E-state index contributed by atoms with van der Waals surface area (Å²) in [6, 6.07) is 12.6. The van der Waals surface area contributed by atoms with Crippen molar-refractivity contribution in [2.24, 2.45) is 0 Å². The monoisotopic (exact) mass is 334 g/mol. The Morgan fingerprint density at radius 3 is 2.65 bits per heavy atom. The van der Waals surface area contributed by atoms with E-state index in [4.69, 9.17) is 0 Å². The van der Waals surface area contributed by atoms with Crippen LogP contribution in [0.4, 0.5) is 11.4 Å². The molecule has 20 heavy (non-hydrogen) atoms. The topological polar surface area (TPSA) is 55.2 Å². The van der Waals surface area contributed by atoms with Crippen LogP contribution >= 0.6 is 15.9 Å². The predicted molar refractivity (Wildman–Crippen MR) is 84.0 cm³/mol. The van der Waals surface area contributed by atoms with Crippen molar-refractivity contribution in [3.8, 4) is 0 Å². The predicted octanol–water partition coefficient (Wildman–Crippen LogP) is 4.84. The lowest BCUT2D eigenvalue weighted by Crippen LogP contribution is -2.08. The van der Waals surface area contributed by atoms with Crippen LogP contribution in [0.25, 0.3) is 0 Å². The van der Waals surface area contributed by atoms with Gasteiger partial charge in [-0.25, -0.2) is 0 Å². The highest BCUT2D eigenvalue weighted by atomic mass is 79.9. The van der Waals surface area contributed by atoms with Crippen LogP contribution in [0, 0.1) is 17.0 Å². The van der Waals surface area contributed by atoms with Gasteiger partial charge in [0.25, 0.3) is 5.69 Å². The van der Waals surface area contributed by atoms with E-state index in [1.54, 1.807) is 12.1 Å². The van der Waals surface area contributed by atoms with E-state index in [2.05, 4.69) is 21.2 Å². The highest BCUT2D eigenvalue weighted by Gasteiger charge is 2.12. The summed E-state index contributed by atoms with van der Waals surface area (Å²) in [6.07, 6.45) is 0. The van der Waals surface area contributed by atoms with Gasteiger partial charge in [0.15, 0.2) is 0 Å². The zero-order valence-electron chi connectivity index (χ0n) is 11.3. The Morgan fingerprint density at radius 1 is 1.25 bits per heavy atom. The van der Waals surface area contributed by atoms with Gasteiger partial charge in [-0.05, 0) is 37.1 Å². The molecule has 0 heterocycles. The highest BCUT2D eigenvalue weighted by Crippen LogP contribution is 2.28. The maximum Gasteiger partial charge on any atom is 0.269 e. The lowest BCUT2D eigenvalue weighted by Gasteiger charge is -2.18. The van der Waals surface area contributed by atoms with E-state index < -0.39 is 0 Å². The van der Waals surface area contributed by atoms with Crippen LogP contribution in [0.15, 0.2) is 46.9 Å². The zero-order valence-corrected chi connectivity index (χ0v) is 12.8. The van der Waals surface area contributed by atoms with Gasteiger partial charge < -0.3 is 5.32 Å². The van der Waals surface area contributed by atoms with E-state index in [0.29, 0.717) is 0 Å². The normalized spacial score (nSPS) is 11.9. The number of nitrogens with one attached hydrogen (secondary N) is 1.